The second-order valence-corrected chi connectivity index (χ2v) is 4.87. The number of rotatable bonds is 10. The summed E-state index contributed by atoms with van der Waals surface area (Å²) in [7, 11) is 6.08. The number of aliphatic hydroxyl groups excluding tert-OH is 1. The Morgan fingerprint density at radius 3 is 2.43 bits per heavy atom. The van der Waals surface area contributed by atoms with E-state index in [4.69, 9.17) is 18.9 Å². The predicted octanol–water partition coefficient (Wildman–Crippen LogP) is 1.25. The van der Waals surface area contributed by atoms with Gasteiger partial charge in [0.15, 0.2) is 6.29 Å². The van der Waals surface area contributed by atoms with Crippen molar-refractivity contribution in [2.45, 2.75) is 25.2 Å². The number of nitrogens with one attached hydrogen (secondary N) is 1. The summed E-state index contributed by atoms with van der Waals surface area (Å²) in [6, 6.07) is 5.16. The van der Waals surface area contributed by atoms with Crippen molar-refractivity contribution >= 4 is 5.91 Å². The minimum atomic E-state index is -0.803. The van der Waals surface area contributed by atoms with Crippen molar-refractivity contribution in [2.75, 3.05) is 35.0 Å². The molecule has 0 aliphatic carbocycles. The highest BCUT2D eigenvalue weighted by Gasteiger charge is 2.16. The van der Waals surface area contributed by atoms with Crippen LogP contribution in [0.5, 0.6) is 11.5 Å². The third-order valence-corrected chi connectivity index (χ3v) is 3.44. The fraction of sp³-hybridized carbons (Fsp3) is 0.562. The van der Waals surface area contributed by atoms with Gasteiger partial charge in [-0.2, -0.15) is 0 Å². The van der Waals surface area contributed by atoms with Crippen LogP contribution in [0.3, 0.4) is 0 Å². The molecule has 1 amide bonds. The lowest BCUT2D eigenvalue weighted by atomic mass is 10.0. The van der Waals surface area contributed by atoms with Crippen LogP contribution in [0.4, 0.5) is 0 Å². The molecule has 0 aromatic heterocycles. The lowest BCUT2D eigenvalue weighted by Gasteiger charge is -2.16. The van der Waals surface area contributed by atoms with Gasteiger partial charge in [0.25, 0.3) is 0 Å². The monoisotopic (exact) mass is 327 g/mol. The molecule has 23 heavy (non-hydrogen) atoms. The van der Waals surface area contributed by atoms with Crippen molar-refractivity contribution in [1.82, 2.24) is 5.32 Å². The molecule has 0 saturated carbocycles. The molecule has 7 heteroatoms. The van der Waals surface area contributed by atoms with Gasteiger partial charge in [0, 0.05) is 32.3 Å². The first kappa shape index (κ1) is 19.2. The number of carbonyl (C=O) groups is 1. The van der Waals surface area contributed by atoms with E-state index in [0.29, 0.717) is 17.1 Å². The Morgan fingerprint density at radius 1 is 1.17 bits per heavy atom. The summed E-state index contributed by atoms with van der Waals surface area (Å²) in [4.78, 5) is 11.8. The molecule has 1 aromatic carbocycles. The SMILES string of the molecule is COc1ccc(C(O)CCC(=O)NCC(OC)OC)c(OC)c1. The number of amides is 1. The van der Waals surface area contributed by atoms with Gasteiger partial charge in [0.1, 0.15) is 11.5 Å². The van der Waals surface area contributed by atoms with Gasteiger partial charge in [-0.15, -0.1) is 0 Å². The molecule has 1 rings (SSSR count). The number of ether oxygens (including phenoxy) is 4. The van der Waals surface area contributed by atoms with Gasteiger partial charge in [-0.05, 0) is 18.6 Å². The molecule has 0 saturated heterocycles. The van der Waals surface area contributed by atoms with Crippen LogP contribution >= 0.6 is 0 Å². The summed E-state index contributed by atoms with van der Waals surface area (Å²) in [5, 5.41) is 13.0. The Hall–Kier alpha value is -1.83. The molecule has 0 fully saturated rings. The molecule has 1 atom stereocenters. The van der Waals surface area contributed by atoms with Crippen LogP contribution in [0.15, 0.2) is 18.2 Å². The van der Waals surface area contributed by atoms with E-state index in [2.05, 4.69) is 5.32 Å². The highest BCUT2D eigenvalue weighted by Crippen LogP contribution is 2.31. The largest absolute Gasteiger partial charge is 0.497 e. The molecule has 1 aromatic rings. The highest BCUT2D eigenvalue weighted by atomic mass is 16.7. The van der Waals surface area contributed by atoms with Gasteiger partial charge < -0.3 is 29.4 Å². The average molecular weight is 327 g/mol. The van der Waals surface area contributed by atoms with Crippen molar-refractivity contribution in [3.8, 4) is 11.5 Å². The Bertz CT molecular complexity index is 489. The van der Waals surface area contributed by atoms with Gasteiger partial charge in [0.2, 0.25) is 5.91 Å². The molecule has 0 spiro atoms. The second-order valence-electron chi connectivity index (χ2n) is 4.87. The molecular weight excluding hydrogens is 302 g/mol. The summed E-state index contributed by atoms with van der Waals surface area (Å²) in [6.07, 6.45) is -0.830. The highest BCUT2D eigenvalue weighted by molar-refractivity contribution is 5.75. The van der Waals surface area contributed by atoms with E-state index in [-0.39, 0.29) is 25.3 Å². The van der Waals surface area contributed by atoms with Gasteiger partial charge in [-0.25, -0.2) is 0 Å². The first-order valence-electron chi connectivity index (χ1n) is 7.28. The van der Waals surface area contributed by atoms with Gasteiger partial charge in [0.05, 0.1) is 26.9 Å². The Morgan fingerprint density at radius 2 is 1.87 bits per heavy atom. The molecule has 0 aliphatic rings. The molecule has 0 radical (unpaired) electrons. The number of methoxy groups -OCH3 is 4. The maximum atomic E-state index is 11.8. The van der Waals surface area contributed by atoms with E-state index >= 15 is 0 Å². The van der Waals surface area contributed by atoms with Crippen LogP contribution in [0, 0.1) is 0 Å². The quantitative estimate of drug-likeness (QED) is 0.629. The Kier molecular flexibility index (Phi) is 8.39. The van der Waals surface area contributed by atoms with E-state index in [1.165, 1.54) is 21.3 Å². The summed E-state index contributed by atoms with van der Waals surface area (Å²) < 4.78 is 20.3. The zero-order valence-corrected chi connectivity index (χ0v) is 14.0. The number of carbonyl (C=O) groups excluding carboxylic acids is 1. The number of aliphatic hydroxyl groups is 1. The van der Waals surface area contributed by atoms with Gasteiger partial charge in [-0.1, -0.05) is 0 Å². The molecule has 2 N–H and O–H groups in total. The topological polar surface area (TPSA) is 86.3 Å². The van der Waals surface area contributed by atoms with E-state index in [0.717, 1.165) is 0 Å². The minimum Gasteiger partial charge on any atom is -0.497 e. The van der Waals surface area contributed by atoms with Crippen molar-refractivity contribution in [3.05, 3.63) is 23.8 Å². The lowest BCUT2D eigenvalue weighted by molar-refractivity contribution is -0.127. The van der Waals surface area contributed by atoms with Gasteiger partial charge >= 0.3 is 0 Å². The van der Waals surface area contributed by atoms with Crippen LogP contribution < -0.4 is 14.8 Å². The van der Waals surface area contributed by atoms with Crippen molar-refractivity contribution in [1.29, 1.82) is 0 Å². The Balaban J connectivity index is 2.53. The maximum absolute atomic E-state index is 11.8. The predicted molar refractivity (Wildman–Crippen MR) is 84.6 cm³/mol. The van der Waals surface area contributed by atoms with Crippen LogP contribution in [-0.2, 0) is 14.3 Å². The number of benzene rings is 1. The normalized spacial score (nSPS) is 12.1. The van der Waals surface area contributed by atoms with Crippen molar-refractivity contribution < 1.29 is 28.8 Å². The molecule has 7 nitrogen and oxygen atoms in total. The molecule has 0 aliphatic heterocycles. The zero-order valence-electron chi connectivity index (χ0n) is 14.0. The smallest absolute Gasteiger partial charge is 0.220 e. The fourth-order valence-corrected chi connectivity index (χ4v) is 2.07. The summed E-state index contributed by atoms with van der Waals surface area (Å²) in [5.41, 5.74) is 0.618. The van der Waals surface area contributed by atoms with E-state index in [9.17, 15) is 9.90 Å². The van der Waals surface area contributed by atoms with Crippen LogP contribution in [0.2, 0.25) is 0 Å². The zero-order chi connectivity index (χ0) is 17.2. The summed E-state index contributed by atoms with van der Waals surface area (Å²) in [5.74, 6) is 0.979. The summed E-state index contributed by atoms with van der Waals surface area (Å²) in [6.45, 7) is 0.258. The number of hydrogen-bond acceptors (Lipinski definition) is 6. The van der Waals surface area contributed by atoms with E-state index < -0.39 is 12.4 Å². The first-order valence-corrected chi connectivity index (χ1v) is 7.28. The molecule has 0 heterocycles. The van der Waals surface area contributed by atoms with Crippen molar-refractivity contribution in [3.63, 3.8) is 0 Å². The molecule has 130 valence electrons. The van der Waals surface area contributed by atoms with E-state index in [1.54, 1.807) is 25.3 Å². The Labute approximate surface area is 136 Å². The van der Waals surface area contributed by atoms with Crippen LogP contribution in [-0.4, -0.2) is 52.3 Å². The van der Waals surface area contributed by atoms with E-state index in [1.807, 2.05) is 0 Å². The van der Waals surface area contributed by atoms with Crippen LogP contribution in [0.25, 0.3) is 0 Å². The summed E-state index contributed by atoms with van der Waals surface area (Å²) >= 11 is 0. The second kappa shape index (κ2) is 10.0. The third-order valence-electron chi connectivity index (χ3n) is 3.44. The fourth-order valence-electron chi connectivity index (χ4n) is 2.07. The third kappa shape index (κ3) is 6.05. The number of hydrogen-bond donors (Lipinski definition) is 2. The minimum absolute atomic E-state index is 0.177. The molecule has 1 unspecified atom stereocenters. The maximum Gasteiger partial charge on any atom is 0.220 e. The van der Waals surface area contributed by atoms with Gasteiger partial charge in [-0.3, -0.25) is 4.79 Å². The standard InChI is InChI=1S/C16H25NO6/c1-20-11-5-6-12(14(9-11)21-2)13(18)7-8-15(19)17-10-16(22-3)23-4/h5-6,9,13,16,18H,7-8,10H2,1-4H3,(H,17,19). The van der Waals surface area contributed by atoms with Crippen LogP contribution in [0.1, 0.15) is 24.5 Å². The molecule has 0 bridgehead atoms. The van der Waals surface area contributed by atoms with Crippen molar-refractivity contribution in [2.24, 2.45) is 0 Å². The lowest BCUT2D eigenvalue weighted by Crippen LogP contribution is -2.34. The first-order chi connectivity index (χ1) is 11.0. The molecular formula is C16H25NO6. The average Bonchev–Trinajstić information content (AvgIpc) is 2.59.